The summed E-state index contributed by atoms with van der Waals surface area (Å²) in [6.07, 6.45) is 12.0. The number of carboxylic acid groups (broad SMARTS) is 1. The number of hydrogen-bond acceptors (Lipinski definition) is 6. The number of hydrogen-bond donors (Lipinski definition) is 2. The van der Waals surface area contributed by atoms with E-state index >= 15 is 0 Å². The predicted octanol–water partition coefficient (Wildman–Crippen LogP) is 7.56. The molecule has 47 heavy (non-hydrogen) atoms. The average molecular weight is 653 g/mol. The predicted molar refractivity (Wildman–Crippen MR) is 184 cm³/mol. The number of fused-ring (bicyclic) bond motifs is 3. The maximum atomic E-state index is 13.4. The van der Waals surface area contributed by atoms with E-state index in [1.54, 1.807) is 5.57 Å². The molecule has 4 fully saturated rings. The van der Waals surface area contributed by atoms with Crippen LogP contribution in [0.25, 0.3) is 0 Å². The van der Waals surface area contributed by atoms with Crippen molar-refractivity contribution in [2.24, 2.45) is 67.8 Å². The fraction of sp³-hybridized carbons (Fsp3) is 0.872. The van der Waals surface area contributed by atoms with Gasteiger partial charge in [-0.25, -0.2) is 0 Å². The Morgan fingerprint density at radius 3 is 2.32 bits per heavy atom. The third kappa shape index (κ3) is 4.80. The third-order valence-corrected chi connectivity index (χ3v) is 16.2. The lowest BCUT2D eigenvalue weighted by Crippen LogP contribution is -2.69. The Bertz CT molecular complexity index is 1380. The van der Waals surface area contributed by atoms with Gasteiger partial charge in [0.25, 0.3) is 0 Å². The van der Waals surface area contributed by atoms with Crippen molar-refractivity contribution in [3.8, 4) is 0 Å². The summed E-state index contributed by atoms with van der Waals surface area (Å²) in [6.45, 7) is 26.7. The van der Waals surface area contributed by atoms with Gasteiger partial charge in [0.2, 0.25) is 0 Å². The molecule has 12 atom stereocenters. The Kier molecular flexibility index (Phi) is 8.29. The molecule has 1 aliphatic heterocycles. The summed E-state index contributed by atoms with van der Waals surface area (Å²) in [6, 6.07) is 0.0417. The average Bonchev–Trinajstić information content (AvgIpc) is 3.50. The van der Waals surface area contributed by atoms with Crippen LogP contribution in [0.5, 0.6) is 0 Å². The molecule has 0 amide bonds. The quantitative estimate of drug-likeness (QED) is 0.293. The van der Waals surface area contributed by atoms with Crippen molar-refractivity contribution in [2.45, 2.75) is 132 Å². The zero-order chi connectivity index (χ0) is 34.6. The molecule has 1 aromatic rings. The van der Waals surface area contributed by atoms with E-state index in [-0.39, 0.29) is 44.6 Å². The van der Waals surface area contributed by atoms with Crippen LogP contribution in [0.3, 0.4) is 0 Å². The summed E-state index contributed by atoms with van der Waals surface area (Å²) in [7, 11) is 0. The molecule has 8 nitrogen and oxygen atoms in total. The summed E-state index contributed by atoms with van der Waals surface area (Å²) in [5.74, 6) is 0.485. The van der Waals surface area contributed by atoms with Crippen LogP contribution in [0.2, 0.25) is 0 Å². The Hall–Kier alpha value is -1.77. The minimum Gasteiger partial charge on any atom is -0.481 e. The lowest BCUT2D eigenvalue weighted by Gasteiger charge is -2.71. The maximum absolute atomic E-state index is 13.4. The van der Waals surface area contributed by atoms with Crippen LogP contribution >= 0.6 is 0 Å². The number of rotatable bonds is 7. The van der Waals surface area contributed by atoms with E-state index in [9.17, 15) is 9.90 Å². The van der Waals surface area contributed by atoms with E-state index in [1.807, 2.05) is 12.7 Å². The van der Waals surface area contributed by atoms with Crippen molar-refractivity contribution < 1.29 is 19.4 Å². The summed E-state index contributed by atoms with van der Waals surface area (Å²) in [5, 5.41) is 19.5. The number of carbonyl (C=O) groups is 1. The minimum atomic E-state index is -0.613. The molecule has 2 bridgehead atoms. The Morgan fingerprint density at radius 1 is 1.06 bits per heavy atom. The van der Waals surface area contributed by atoms with Crippen LogP contribution in [0.1, 0.15) is 121 Å². The van der Waals surface area contributed by atoms with E-state index in [0.29, 0.717) is 43.5 Å². The largest absolute Gasteiger partial charge is 0.481 e. The first kappa shape index (κ1) is 35.1. The van der Waals surface area contributed by atoms with E-state index in [0.717, 1.165) is 38.5 Å². The molecule has 8 heteroatoms. The van der Waals surface area contributed by atoms with Gasteiger partial charge < -0.3 is 24.9 Å². The van der Waals surface area contributed by atoms with Crippen molar-refractivity contribution in [3.05, 3.63) is 24.3 Å². The van der Waals surface area contributed by atoms with E-state index in [4.69, 9.17) is 15.2 Å². The number of nitrogens with two attached hydrogens (primary N) is 1. The molecule has 3 N–H and O–H groups in total. The van der Waals surface area contributed by atoms with E-state index < -0.39 is 17.4 Å². The number of aliphatic carboxylic acids is 1. The van der Waals surface area contributed by atoms with Crippen LogP contribution in [-0.4, -0.2) is 57.3 Å². The molecule has 264 valence electrons. The zero-order valence-electron chi connectivity index (χ0n) is 31.2. The van der Waals surface area contributed by atoms with Crippen molar-refractivity contribution in [1.29, 1.82) is 0 Å². The summed E-state index contributed by atoms with van der Waals surface area (Å²) in [5.41, 5.74) is 6.75. The normalized spacial score (nSPS) is 45.2. The Balaban J connectivity index is 1.43. The number of carboxylic acids is 1. The monoisotopic (exact) mass is 652 g/mol. The molecule has 1 aromatic heterocycles. The second-order valence-electron chi connectivity index (χ2n) is 19.4. The van der Waals surface area contributed by atoms with Crippen molar-refractivity contribution in [1.82, 2.24) is 14.8 Å². The number of ether oxygens (including phenoxy) is 2. The highest BCUT2D eigenvalue weighted by atomic mass is 16.5. The summed E-state index contributed by atoms with van der Waals surface area (Å²) < 4.78 is 15.9. The molecule has 0 unspecified atom stereocenters. The van der Waals surface area contributed by atoms with Crippen molar-refractivity contribution >= 4 is 5.97 Å². The molecule has 3 saturated carbocycles. The zero-order valence-corrected chi connectivity index (χ0v) is 31.2. The molecule has 0 aromatic carbocycles. The van der Waals surface area contributed by atoms with Gasteiger partial charge in [-0.1, -0.05) is 80.9 Å². The summed E-state index contributed by atoms with van der Waals surface area (Å²) in [4.78, 5) is 13.4. The topological polar surface area (TPSA) is 112 Å². The molecule has 5 aliphatic rings. The van der Waals surface area contributed by atoms with Gasteiger partial charge >= 0.3 is 5.97 Å². The molecule has 6 rings (SSSR count). The van der Waals surface area contributed by atoms with E-state index in [2.05, 4.69) is 97.0 Å². The molecular formula is C39H64N4O4. The van der Waals surface area contributed by atoms with Crippen LogP contribution < -0.4 is 5.73 Å². The molecule has 0 spiro atoms. The molecular weight excluding hydrogens is 588 g/mol. The third-order valence-electron chi connectivity index (χ3n) is 16.2. The first-order valence-electron chi connectivity index (χ1n) is 18.5. The van der Waals surface area contributed by atoms with Gasteiger partial charge in [-0.2, -0.15) is 0 Å². The van der Waals surface area contributed by atoms with Crippen LogP contribution in [0, 0.1) is 62.1 Å². The molecule has 0 radical (unpaired) electrons. The number of allylic oxidation sites excluding steroid dienone is 1. The van der Waals surface area contributed by atoms with Gasteiger partial charge in [-0.15, -0.1) is 10.2 Å². The van der Waals surface area contributed by atoms with Gasteiger partial charge in [0.1, 0.15) is 12.7 Å². The van der Waals surface area contributed by atoms with Crippen LogP contribution in [0.15, 0.2) is 24.3 Å². The van der Waals surface area contributed by atoms with E-state index in [1.165, 1.54) is 0 Å². The fourth-order valence-corrected chi connectivity index (χ4v) is 12.0. The fourth-order valence-electron chi connectivity index (χ4n) is 12.0. The van der Waals surface area contributed by atoms with Gasteiger partial charge in [-0.05, 0) is 90.8 Å². The standard InChI is InChI=1S/C39H64N4O4/c1-24(2)25(3)34(7)16-17-36(9)26-12-13-29-35(8)19-46-21-39(29,27(26)14-15-37(36,10)30(34)32(44)45)18-28(43-22-41-42-23-43)31(35)47-20-38(11,40)33(4,5)6/h14,22-26,28-31H,12-13,15-21,40H2,1-11H3,(H,44,45)/t25-,26+,28-,29+,30-,31+,34-,35-,36-,37+,38+,39+/m1/s1. The number of nitrogens with zero attached hydrogens (tertiary/aromatic N) is 3. The molecule has 2 heterocycles. The second-order valence-corrected chi connectivity index (χ2v) is 19.4. The maximum Gasteiger partial charge on any atom is 0.307 e. The Labute approximate surface area is 284 Å². The summed E-state index contributed by atoms with van der Waals surface area (Å²) >= 11 is 0. The first-order valence-corrected chi connectivity index (χ1v) is 18.5. The smallest absolute Gasteiger partial charge is 0.307 e. The van der Waals surface area contributed by atoms with Gasteiger partial charge in [0, 0.05) is 16.4 Å². The van der Waals surface area contributed by atoms with Crippen molar-refractivity contribution in [2.75, 3.05) is 19.8 Å². The van der Waals surface area contributed by atoms with Gasteiger partial charge in [0.15, 0.2) is 0 Å². The molecule has 4 aliphatic carbocycles. The second kappa shape index (κ2) is 11.1. The van der Waals surface area contributed by atoms with Gasteiger partial charge in [-0.3, -0.25) is 4.79 Å². The first-order chi connectivity index (χ1) is 21.7. The molecule has 1 saturated heterocycles. The highest BCUT2D eigenvalue weighted by Crippen LogP contribution is 2.75. The van der Waals surface area contributed by atoms with Crippen molar-refractivity contribution in [3.63, 3.8) is 0 Å². The van der Waals surface area contributed by atoms with Gasteiger partial charge in [0.05, 0.1) is 37.9 Å². The lowest BCUT2D eigenvalue weighted by atomic mass is 9.34. The van der Waals surface area contributed by atoms with Crippen LogP contribution in [-0.2, 0) is 14.3 Å². The minimum absolute atomic E-state index is 0.0417. The Morgan fingerprint density at radius 2 is 1.72 bits per heavy atom. The SMILES string of the molecule is CC(C)[C@@H](C)[C@@]1(C)CC[C@]2(C)[C@H]3CC[C@@H]4[C@@]5(COC[C@@]4(C)[C@@H](OC[C@](C)(N)C(C)(C)C)[C@H](n4cnnc4)C5)C3=CC[C@@]2(C)[C@@H]1C(=O)O. The number of aromatic nitrogens is 3. The highest BCUT2D eigenvalue weighted by molar-refractivity contribution is 5.73. The highest BCUT2D eigenvalue weighted by Gasteiger charge is 2.72. The van der Waals surface area contributed by atoms with Crippen LogP contribution in [0.4, 0.5) is 0 Å². The lowest BCUT2D eigenvalue weighted by molar-refractivity contribution is -0.252.